The molecule has 1 aliphatic rings. The lowest BCUT2D eigenvalue weighted by atomic mass is 9.93. The van der Waals surface area contributed by atoms with Crippen molar-refractivity contribution in [3.63, 3.8) is 0 Å². The van der Waals surface area contributed by atoms with Gasteiger partial charge in [0.05, 0.1) is 11.1 Å². The maximum Gasteiger partial charge on any atom is 0.387 e. The van der Waals surface area contributed by atoms with E-state index >= 15 is 0 Å². The standard InChI is InChI=1S/C14H12F2N2O2/c15-14(16)20-13-5-11-10(4-12(13)19)8(6-17)7-18(11)9-2-1-3-9/h4-5,7,9,14,19H,1-3H2. The fourth-order valence-electron chi connectivity index (χ4n) is 2.51. The summed E-state index contributed by atoms with van der Waals surface area (Å²) in [5, 5.41) is 19.4. The van der Waals surface area contributed by atoms with Crippen LogP contribution in [-0.4, -0.2) is 16.3 Å². The largest absolute Gasteiger partial charge is 0.504 e. The topological polar surface area (TPSA) is 58.2 Å². The summed E-state index contributed by atoms with van der Waals surface area (Å²) in [6.07, 6.45) is 4.83. The molecule has 104 valence electrons. The summed E-state index contributed by atoms with van der Waals surface area (Å²) in [5.41, 5.74) is 1.06. The Morgan fingerprint density at radius 2 is 2.15 bits per heavy atom. The number of nitriles is 1. The van der Waals surface area contributed by atoms with E-state index < -0.39 is 6.61 Å². The number of aromatic hydroxyl groups is 1. The minimum absolute atomic E-state index is 0.268. The molecule has 1 aromatic heterocycles. The fraction of sp³-hybridized carbons (Fsp3) is 0.357. The van der Waals surface area contributed by atoms with E-state index in [2.05, 4.69) is 10.8 Å². The average molecular weight is 278 g/mol. The summed E-state index contributed by atoms with van der Waals surface area (Å²) in [5.74, 6) is -0.656. The van der Waals surface area contributed by atoms with Crippen LogP contribution in [0.2, 0.25) is 0 Å². The third-order valence-corrected chi connectivity index (χ3v) is 3.72. The van der Waals surface area contributed by atoms with Crippen LogP contribution in [0.5, 0.6) is 11.5 Å². The van der Waals surface area contributed by atoms with E-state index in [1.165, 1.54) is 12.1 Å². The molecule has 0 saturated heterocycles. The maximum absolute atomic E-state index is 12.3. The Balaban J connectivity index is 2.17. The van der Waals surface area contributed by atoms with E-state index in [1.807, 2.05) is 4.57 Å². The van der Waals surface area contributed by atoms with Crippen LogP contribution < -0.4 is 4.74 Å². The molecule has 0 amide bonds. The summed E-state index contributed by atoms with van der Waals surface area (Å²) in [6.45, 7) is -3.00. The molecule has 1 aromatic carbocycles. The third kappa shape index (κ3) is 1.95. The van der Waals surface area contributed by atoms with Crippen molar-refractivity contribution >= 4 is 10.9 Å². The van der Waals surface area contributed by atoms with Crippen molar-refractivity contribution in [2.45, 2.75) is 31.9 Å². The average Bonchev–Trinajstić information content (AvgIpc) is 2.65. The van der Waals surface area contributed by atoms with Gasteiger partial charge < -0.3 is 14.4 Å². The van der Waals surface area contributed by atoms with Gasteiger partial charge in [-0.25, -0.2) is 0 Å². The molecular formula is C14H12F2N2O2. The number of alkyl halides is 2. The van der Waals surface area contributed by atoms with Crippen molar-refractivity contribution in [2.24, 2.45) is 0 Å². The van der Waals surface area contributed by atoms with Gasteiger partial charge in [0.2, 0.25) is 0 Å². The number of fused-ring (bicyclic) bond motifs is 1. The van der Waals surface area contributed by atoms with Gasteiger partial charge in [-0.05, 0) is 25.3 Å². The van der Waals surface area contributed by atoms with Gasteiger partial charge in [0, 0.05) is 23.7 Å². The monoisotopic (exact) mass is 278 g/mol. The van der Waals surface area contributed by atoms with E-state index in [-0.39, 0.29) is 17.5 Å². The minimum Gasteiger partial charge on any atom is -0.504 e. The molecule has 6 heteroatoms. The van der Waals surface area contributed by atoms with Crippen molar-refractivity contribution in [3.05, 3.63) is 23.9 Å². The lowest BCUT2D eigenvalue weighted by molar-refractivity contribution is -0.0511. The van der Waals surface area contributed by atoms with Crippen molar-refractivity contribution in [1.29, 1.82) is 5.26 Å². The van der Waals surface area contributed by atoms with Crippen LogP contribution in [0.3, 0.4) is 0 Å². The van der Waals surface area contributed by atoms with Crippen LogP contribution in [0.15, 0.2) is 18.3 Å². The van der Waals surface area contributed by atoms with Gasteiger partial charge in [-0.1, -0.05) is 0 Å². The number of hydrogen-bond donors (Lipinski definition) is 1. The number of hydrogen-bond acceptors (Lipinski definition) is 3. The number of halogens is 2. The zero-order chi connectivity index (χ0) is 14.3. The number of phenolic OH excluding ortho intramolecular Hbond substituents is 1. The highest BCUT2D eigenvalue weighted by atomic mass is 19.3. The molecule has 1 N–H and O–H groups in total. The third-order valence-electron chi connectivity index (χ3n) is 3.72. The van der Waals surface area contributed by atoms with E-state index in [9.17, 15) is 13.9 Å². The Hall–Kier alpha value is -2.29. The maximum atomic E-state index is 12.3. The highest BCUT2D eigenvalue weighted by molar-refractivity contribution is 5.89. The van der Waals surface area contributed by atoms with Crippen LogP contribution in [-0.2, 0) is 0 Å². The first-order chi connectivity index (χ1) is 9.60. The molecule has 0 radical (unpaired) electrons. The van der Waals surface area contributed by atoms with Crippen LogP contribution in [0, 0.1) is 11.3 Å². The molecule has 0 spiro atoms. The van der Waals surface area contributed by atoms with E-state index in [4.69, 9.17) is 5.26 Å². The Morgan fingerprint density at radius 3 is 2.70 bits per heavy atom. The molecule has 1 fully saturated rings. The number of rotatable bonds is 3. The molecule has 0 unspecified atom stereocenters. The summed E-state index contributed by atoms with van der Waals surface area (Å²) in [4.78, 5) is 0. The SMILES string of the molecule is N#Cc1cn(C2CCC2)c2cc(OC(F)F)c(O)cc12. The molecule has 4 nitrogen and oxygen atoms in total. The smallest absolute Gasteiger partial charge is 0.387 e. The second-order valence-electron chi connectivity index (χ2n) is 4.86. The number of phenols is 1. The highest BCUT2D eigenvalue weighted by Crippen LogP contribution is 2.40. The van der Waals surface area contributed by atoms with Crippen LogP contribution >= 0.6 is 0 Å². The van der Waals surface area contributed by atoms with Crippen LogP contribution in [0.4, 0.5) is 8.78 Å². The van der Waals surface area contributed by atoms with Crippen LogP contribution in [0.25, 0.3) is 10.9 Å². The van der Waals surface area contributed by atoms with E-state index in [0.717, 1.165) is 19.3 Å². The Kier molecular flexibility index (Phi) is 2.97. The quantitative estimate of drug-likeness (QED) is 0.934. The first-order valence-corrected chi connectivity index (χ1v) is 6.32. The van der Waals surface area contributed by atoms with Crippen molar-refractivity contribution in [3.8, 4) is 17.6 Å². The second-order valence-corrected chi connectivity index (χ2v) is 4.86. The summed E-state index contributed by atoms with van der Waals surface area (Å²) in [7, 11) is 0. The van der Waals surface area contributed by atoms with Crippen molar-refractivity contribution < 1.29 is 18.6 Å². The molecule has 20 heavy (non-hydrogen) atoms. The normalized spacial score (nSPS) is 15.3. The number of benzene rings is 1. The molecule has 3 rings (SSSR count). The van der Waals surface area contributed by atoms with E-state index in [0.29, 0.717) is 16.5 Å². The van der Waals surface area contributed by atoms with Gasteiger partial charge >= 0.3 is 6.61 Å². The lowest BCUT2D eigenvalue weighted by Gasteiger charge is -2.28. The van der Waals surface area contributed by atoms with Gasteiger partial charge in [0.1, 0.15) is 6.07 Å². The van der Waals surface area contributed by atoms with Gasteiger partial charge in [-0.3, -0.25) is 0 Å². The van der Waals surface area contributed by atoms with Gasteiger partial charge in [0.25, 0.3) is 0 Å². The fourth-order valence-corrected chi connectivity index (χ4v) is 2.51. The van der Waals surface area contributed by atoms with Gasteiger partial charge in [-0.2, -0.15) is 14.0 Å². The predicted molar refractivity (Wildman–Crippen MR) is 67.8 cm³/mol. The lowest BCUT2D eigenvalue weighted by Crippen LogP contribution is -2.15. The molecule has 1 saturated carbocycles. The molecule has 1 heterocycles. The highest BCUT2D eigenvalue weighted by Gasteiger charge is 2.23. The Labute approximate surface area is 113 Å². The van der Waals surface area contributed by atoms with Gasteiger partial charge in [0.15, 0.2) is 11.5 Å². The molecule has 0 aliphatic heterocycles. The summed E-state index contributed by atoms with van der Waals surface area (Å²) < 4.78 is 30.8. The zero-order valence-electron chi connectivity index (χ0n) is 10.5. The first kappa shape index (κ1) is 12.7. The van der Waals surface area contributed by atoms with Crippen molar-refractivity contribution in [2.75, 3.05) is 0 Å². The summed E-state index contributed by atoms with van der Waals surface area (Å²) in [6, 6.07) is 5.02. The molecular weight excluding hydrogens is 266 g/mol. The number of ether oxygens (including phenoxy) is 1. The summed E-state index contributed by atoms with van der Waals surface area (Å²) >= 11 is 0. The van der Waals surface area contributed by atoms with E-state index in [1.54, 1.807) is 6.20 Å². The zero-order valence-corrected chi connectivity index (χ0v) is 10.5. The van der Waals surface area contributed by atoms with Gasteiger partial charge in [-0.15, -0.1) is 0 Å². The Morgan fingerprint density at radius 1 is 1.40 bits per heavy atom. The first-order valence-electron chi connectivity index (χ1n) is 6.32. The predicted octanol–water partition coefficient (Wildman–Crippen LogP) is 3.54. The molecule has 0 bridgehead atoms. The number of nitrogens with zero attached hydrogens (tertiary/aromatic N) is 2. The second kappa shape index (κ2) is 4.67. The molecule has 0 atom stereocenters. The number of aromatic nitrogens is 1. The van der Waals surface area contributed by atoms with Crippen LogP contribution in [0.1, 0.15) is 30.9 Å². The minimum atomic E-state index is -3.00. The Bertz CT molecular complexity index is 699. The molecule has 1 aliphatic carbocycles. The molecule has 2 aromatic rings. The van der Waals surface area contributed by atoms with Crippen molar-refractivity contribution in [1.82, 2.24) is 4.57 Å².